The Morgan fingerprint density at radius 1 is 1.16 bits per heavy atom. The van der Waals surface area contributed by atoms with Crippen molar-refractivity contribution < 1.29 is 13.8 Å². The Morgan fingerprint density at radius 2 is 1.95 bits per heavy atom. The van der Waals surface area contributed by atoms with E-state index in [0.29, 0.717) is 11.4 Å². The van der Waals surface area contributed by atoms with Gasteiger partial charge in [0.2, 0.25) is 6.35 Å². The fraction of sp³-hybridized carbons (Fsp3) is 0.214. The maximum Gasteiger partial charge on any atom is 0.346 e. The van der Waals surface area contributed by atoms with Crippen LogP contribution in [0, 0.1) is 5.82 Å². The summed E-state index contributed by atoms with van der Waals surface area (Å²) in [6.07, 6.45) is 7.09. The summed E-state index contributed by atoms with van der Waals surface area (Å²) in [5, 5.41) is 8.98. The van der Waals surface area contributed by atoms with E-state index in [0.717, 1.165) is 51.9 Å². The zero-order chi connectivity index (χ0) is 25.1. The van der Waals surface area contributed by atoms with Crippen molar-refractivity contribution in [1.29, 1.82) is 0 Å². The highest BCUT2D eigenvalue weighted by molar-refractivity contribution is 7.81. The molecule has 4 aromatic rings. The highest BCUT2D eigenvalue weighted by atomic mass is 35.5. The van der Waals surface area contributed by atoms with Crippen LogP contribution >= 0.6 is 19.2 Å². The second-order valence-corrected chi connectivity index (χ2v) is 11.5. The number of aromatic nitrogens is 2. The molecule has 0 radical (unpaired) electrons. The van der Waals surface area contributed by atoms with Gasteiger partial charge < -0.3 is 10.1 Å². The molecule has 192 valence electrons. The van der Waals surface area contributed by atoms with E-state index >= 15 is 0 Å². The largest absolute Gasteiger partial charge is 0.448 e. The predicted octanol–water partition coefficient (Wildman–Crippen LogP) is 6.56. The van der Waals surface area contributed by atoms with Crippen LogP contribution in [0.3, 0.4) is 0 Å². The molecule has 9 heteroatoms. The summed E-state index contributed by atoms with van der Waals surface area (Å²) in [5.41, 5.74) is 4.74. The number of fused-ring (bicyclic) bond motifs is 3. The van der Waals surface area contributed by atoms with E-state index in [1.54, 1.807) is 18.3 Å². The molecule has 1 fully saturated rings. The molecule has 2 aliphatic heterocycles. The third-order valence-electron chi connectivity index (χ3n) is 5.88. The fourth-order valence-electron chi connectivity index (χ4n) is 4.01. The summed E-state index contributed by atoms with van der Waals surface area (Å²) in [6, 6.07) is 16.5. The van der Waals surface area contributed by atoms with Gasteiger partial charge in [-0.25, -0.2) is 9.37 Å². The monoisotopic (exact) mass is 539 g/mol. The van der Waals surface area contributed by atoms with E-state index in [-0.39, 0.29) is 13.2 Å². The second-order valence-electron chi connectivity index (χ2n) is 8.47. The van der Waals surface area contributed by atoms with Crippen molar-refractivity contribution in [2.45, 2.75) is 20.8 Å². The van der Waals surface area contributed by atoms with Crippen LogP contribution in [0.2, 0.25) is 5.02 Å². The molecular weight excluding hydrogens is 510 g/mol. The van der Waals surface area contributed by atoms with Gasteiger partial charge in [0.05, 0.1) is 10.5 Å². The minimum atomic E-state index is -1.76. The van der Waals surface area contributed by atoms with Crippen molar-refractivity contribution in [2.24, 2.45) is 0 Å². The number of benzene rings is 2. The smallest absolute Gasteiger partial charge is 0.346 e. The van der Waals surface area contributed by atoms with Gasteiger partial charge in [0.1, 0.15) is 11.5 Å². The van der Waals surface area contributed by atoms with Crippen molar-refractivity contribution in [1.82, 2.24) is 20.5 Å². The van der Waals surface area contributed by atoms with Gasteiger partial charge >= 0.3 is 7.64 Å². The molecule has 1 unspecified atom stereocenters. The van der Waals surface area contributed by atoms with Crippen molar-refractivity contribution >= 4 is 41.5 Å². The Balaban J connectivity index is 0.000000186. The number of nitrogens with one attached hydrogen (secondary N) is 2. The predicted molar refractivity (Wildman–Crippen MR) is 152 cm³/mol. The SMILES string of the molecule is C.C/C=C\c1ccc2ncc(Cl)cc2c1.CNCCc1cc2c(c(-c3ccc(F)cc3)n1)OC[P+]21NO1. The molecule has 6 nitrogen and oxygen atoms in total. The fourth-order valence-corrected chi connectivity index (χ4v) is 6.18. The standard InChI is InChI=1S/C15H16FN3O2P.C12H10ClN.CH4/c1-17-7-6-12-8-13-15(20-9-22(13)19-21-22)14(18-12)10-2-4-11(16)5-3-10;1-2-3-9-4-5-12-10(6-9)7-11(13)8-14-12;/h2-5,8,17,19H,6-7,9H2,1H3;2-8H,1H3;1H4/q+1;;/b;3-2-;. The molecule has 37 heavy (non-hydrogen) atoms. The first-order chi connectivity index (χ1) is 17.5. The van der Waals surface area contributed by atoms with E-state index in [1.165, 1.54) is 17.7 Å². The van der Waals surface area contributed by atoms with E-state index in [4.69, 9.17) is 25.9 Å². The summed E-state index contributed by atoms with van der Waals surface area (Å²) in [6.45, 7) is 2.84. The number of likely N-dealkylation sites (N-methyl/N-ethyl adjacent to an activating group) is 1. The molecule has 0 saturated carbocycles. The Bertz CT molecular complexity index is 1430. The van der Waals surface area contributed by atoms with Gasteiger partial charge in [-0.15, -0.1) is 0 Å². The van der Waals surface area contributed by atoms with Crippen LogP contribution in [0.5, 0.6) is 5.75 Å². The van der Waals surface area contributed by atoms with Gasteiger partial charge in [0.15, 0.2) is 11.1 Å². The van der Waals surface area contributed by atoms with Gasteiger partial charge in [-0.1, -0.05) is 41.9 Å². The molecule has 2 aromatic carbocycles. The zero-order valence-electron chi connectivity index (χ0n) is 20.0. The lowest BCUT2D eigenvalue weighted by atomic mass is 10.1. The van der Waals surface area contributed by atoms with Crippen molar-refractivity contribution in [3.8, 4) is 17.0 Å². The molecule has 1 spiro atoms. The molecular formula is C28H30ClFN4O2P+. The van der Waals surface area contributed by atoms with Gasteiger partial charge in [-0.2, -0.15) is 0 Å². The van der Waals surface area contributed by atoms with Crippen LogP contribution in [-0.2, 0) is 11.0 Å². The Labute approximate surface area is 222 Å². The summed E-state index contributed by atoms with van der Waals surface area (Å²) >= 11 is 5.87. The number of pyridine rings is 2. The molecule has 1 atom stereocenters. The number of ether oxygens (including phenoxy) is 1. The average molecular weight is 540 g/mol. The molecule has 0 aliphatic carbocycles. The number of rotatable bonds is 5. The molecule has 1 saturated heterocycles. The first-order valence-electron chi connectivity index (χ1n) is 11.6. The number of hydrogen-bond donors (Lipinski definition) is 2. The van der Waals surface area contributed by atoms with Gasteiger partial charge in [0, 0.05) is 47.1 Å². The van der Waals surface area contributed by atoms with Crippen LogP contribution in [0.1, 0.15) is 25.6 Å². The number of hydrogen-bond acceptors (Lipinski definition) is 6. The molecule has 2 N–H and O–H groups in total. The Morgan fingerprint density at radius 3 is 2.65 bits per heavy atom. The summed E-state index contributed by atoms with van der Waals surface area (Å²) < 4.78 is 24.5. The van der Waals surface area contributed by atoms with Gasteiger partial charge in [0.25, 0.3) is 0 Å². The van der Waals surface area contributed by atoms with E-state index in [9.17, 15) is 4.39 Å². The van der Waals surface area contributed by atoms with E-state index in [2.05, 4.69) is 33.8 Å². The van der Waals surface area contributed by atoms with Crippen molar-refractivity contribution in [2.75, 3.05) is 19.9 Å². The summed E-state index contributed by atoms with van der Waals surface area (Å²) in [5.74, 6) is 0.502. The lowest BCUT2D eigenvalue weighted by Crippen LogP contribution is -2.13. The quantitative estimate of drug-likeness (QED) is 0.221. The Hall–Kier alpha value is -2.93. The van der Waals surface area contributed by atoms with E-state index < -0.39 is 7.64 Å². The number of nitrogens with zero attached hydrogens (tertiary/aromatic N) is 2. The van der Waals surface area contributed by atoms with Crippen molar-refractivity contribution in [3.63, 3.8) is 0 Å². The minimum absolute atomic E-state index is 0. The molecule has 6 rings (SSSR count). The van der Waals surface area contributed by atoms with Gasteiger partial charge in [-0.3, -0.25) is 4.98 Å². The third-order valence-corrected chi connectivity index (χ3v) is 8.31. The lowest BCUT2D eigenvalue weighted by Gasteiger charge is -2.08. The minimum Gasteiger partial charge on any atom is -0.448 e. The van der Waals surface area contributed by atoms with Crippen LogP contribution in [0.4, 0.5) is 4.39 Å². The topological polar surface area (TPSA) is 81.5 Å². The first kappa shape index (κ1) is 27.1. The maximum absolute atomic E-state index is 13.2. The lowest BCUT2D eigenvalue weighted by molar-refractivity contribution is 0.395. The average Bonchev–Trinajstić information content (AvgIpc) is 3.59. The highest BCUT2D eigenvalue weighted by Gasteiger charge is 2.67. The van der Waals surface area contributed by atoms with Gasteiger partial charge in [-0.05, 0) is 62.0 Å². The maximum atomic E-state index is 13.2. The molecule has 2 aliphatic rings. The van der Waals surface area contributed by atoms with Crippen LogP contribution in [0.25, 0.3) is 28.2 Å². The van der Waals surface area contributed by atoms with Crippen molar-refractivity contribution in [3.05, 3.63) is 89.0 Å². The summed E-state index contributed by atoms with van der Waals surface area (Å²) in [7, 11) is 0.158. The van der Waals surface area contributed by atoms with Crippen LogP contribution in [0.15, 0.2) is 66.9 Å². The van der Waals surface area contributed by atoms with E-state index in [1.807, 2.05) is 38.2 Å². The third kappa shape index (κ3) is 5.98. The number of allylic oxidation sites excluding steroid dienone is 1. The second kappa shape index (κ2) is 11.6. The number of halogens is 2. The molecule has 0 bridgehead atoms. The van der Waals surface area contributed by atoms with Crippen LogP contribution in [-0.4, -0.2) is 29.9 Å². The molecule has 4 heterocycles. The zero-order valence-corrected chi connectivity index (χ0v) is 21.6. The summed E-state index contributed by atoms with van der Waals surface area (Å²) in [4.78, 5) is 8.95. The highest BCUT2D eigenvalue weighted by Crippen LogP contribution is 2.71. The van der Waals surface area contributed by atoms with Crippen LogP contribution < -0.4 is 20.6 Å². The Kier molecular flexibility index (Phi) is 8.53. The first-order valence-corrected chi connectivity index (χ1v) is 13.9. The molecule has 0 amide bonds. The molecule has 2 aromatic heterocycles. The normalized spacial score (nSPS) is 17.2.